The van der Waals surface area contributed by atoms with Gasteiger partial charge in [0.05, 0.1) is 0 Å². The second kappa shape index (κ2) is 5.99. The third kappa shape index (κ3) is 2.84. The summed E-state index contributed by atoms with van der Waals surface area (Å²) in [6, 6.07) is 0. The highest BCUT2D eigenvalue weighted by molar-refractivity contribution is 5.85. The predicted molar refractivity (Wildman–Crippen MR) is 70.2 cm³/mol. The molecule has 2 atom stereocenters. The number of nitrogens with two attached hydrogens (primary N) is 1. The lowest BCUT2D eigenvalue weighted by Crippen LogP contribution is -2.52. The third-order valence-corrected chi connectivity index (χ3v) is 4.22. The van der Waals surface area contributed by atoms with Crippen LogP contribution in [0.1, 0.15) is 26.2 Å². The molecule has 2 aliphatic rings. The first-order chi connectivity index (χ1) is 8.70. The van der Waals surface area contributed by atoms with E-state index in [0.717, 1.165) is 39.0 Å². The van der Waals surface area contributed by atoms with E-state index in [2.05, 4.69) is 17.1 Å². The van der Waals surface area contributed by atoms with Gasteiger partial charge in [-0.3, -0.25) is 4.79 Å². The molecule has 2 heterocycles. The standard InChI is InChI=1S/C13H25N3O2/c1-2-16-6-4-11(9-16)8-15-12(17)13(10-14)5-3-7-18-13/h11H,2-10,14H2,1H3,(H,15,17). The van der Waals surface area contributed by atoms with Crippen LogP contribution in [-0.4, -0.2) is 55.7 Å². The molecule has 18 heavy (non-hydrogen) atoms. The van der Waals surface area contributed by atoms with Crippen LogP contribution in [0.3, 0.4) is 0 Å². The molecule has 2 unspecified atom stereocenters. The van der Waals surface area contributed by atoms with Crippen molar-refractivity contribution < 1.29 is 9.53 Å². The zero-order chi connectivity index (χ0) is 13.0. The molecular formula is C13H25N3O2. The minimum Gasteiger partial charge on any atom is -0.364 e. The Balaban J connectivity index is 1.78. The van der Waals surface area contributed by atoms with Gasteiger partial charge >= 0.3 is 0 Å². The van der Waals surface area contributed by atoms with Gasteiger partial charge in [0.25, 0.3) is 5.91 Å². The van der Waals surface area contributed by atoms with Crippen molar-refractivity contribution in [3.8, 4) is 0 Å². The topological polar surface area (TPSA) is 67.6 Å². The molecular weight excluding hydrogens is 230 g/mol. The Bertz CT molecular complexity index is 290. The molecule has 0 saturated carbocycles. The van der Waals surface area contributed by atoms with Crippen molar-refractivity contribution in [1.82, 2.24) is 10.2 Å². The lowest BCUT2D eigenvalue weighted by Gasteiger charge is -2.26. The molecule has 0 spiro atoms. The third-order valence-electron chi connectivity index (χ3n) is 4.22. The molecule has 0 aromatic rings. The van der Waals surface area contributed by atoms with Crippen LogP contribution in [0.5, 0.6) is 0 Å². The van der Waals surface area contributed by atoms with Crippen molar-refractivity contribution in [2.75, 3.05) is 39.3 Å². The van der Waals surface area contributed by atoms with Gasteiger partial charge in [-0.25, -0.2) is 0 Å². The second-order valence-corrected chi connectivity index (χ2v) is 5.41. The minimum atomic E-state index is -0.747. The molecule has 1 amide bonds. The Morgan fingerprint density at radius 2 is 2.44 bits per heavy atom. The van der Waals surface area contributed by atoms with Gasteiger partial charge in [0.15, 0.2) is 5.60 Å². The maximum atomic E-state index is 12.2. The lowest BCUT2D eigenvalue weighted by molar-refractivity contribution is -0.140. The summed E-state index contributed by atoms with van der Waals surface area (Å²) in [6.07, 6.45) is 2.85. The first kappa shape index (κ1) is 13.8. The van der Waals surface area contributed by atoms with E-state index in [1.54, 1.807) is 0 Å². The van der Waals surface area contributed by atoms with Crippen molar-refractivity contribution in [3.63, 3.8) is 0 Å². The Hall–Kier alpha value is -0.650. The van der Waals surface area contributed by atoms with E-state index in [1.165, 1.54) is 6.42 Å². The van der Waals surface area contributed by atoms with Crippen LogP contribution >= 0.6 is 0 Å². The van der Waals surface area contributed by atoms with Gasteiger partial charge in [-0.1, -0.05) is 6.92 Å². The van der Waals surface area contributed by atoms with Gasteiger partial charge in [0.1, 0.15) is 0 Å². The van der Waals surface area contributed by atoms with Crippen LogP contribution in [-0.2, 0) is 9.53 Å². The van der Waals surface area contributed by atoms with Gasteiger partial charge in [-0.05, 0) is 38.3 Å². The molecule has 2 aliphatic heterocycles. The van der Waals surface area contributed by atoms with Gasteiger partial charge in [0, 0.05) is 26.2 Å². The number of hydrogen-bond donors (Lipinski definition) is 2. The molecule has 5 nitrogen and oxygen atoms in total. The fourth-order valence-electron chi connectivity index (χ4n) is 2.90. The predicted octanol–water partition coefficient (Wildman–Crippen LogP) is -0.0477. The Morgan fingerprint density at radius 3 is 3.00 bits per heavy atom. The SMILES string of the molecule is CCN1CCC(CNC(=O)C2(CN)CCCO2)C1. The molecule has 3 N–H and O–H groups in total. The monoisotopic (exact) mass is 255 g/mol. The number of nitrogens with zero attached hydrogens (tertiary/aromatic N) is 1. The summed E-state index contributed by atoms with van der Waals surface area (Å²) in [5.74, 6) is 0.558. The van der Waals surface area contributed by atoms with Crippen molar-refractivity contribution >= 4 is 5.91 Å². The van der Waals surface area contributed by atoms with E-state index in [-0.39, 0.29) is 12.5 Å². The summed E-state index contributed by atoms with van der Waals surface area (Å²) in [5.41, 5.74) is 4.96. The van der Waals surface area contributed by atoms with Crippen LogP contribution in [0.15, 0.2) is 0 Å². The van der Waals surface area contributed by atoms with Crippen LogP contribution < -0.4 is 11.1 Å². The number of ether oxygens (including phenoxy) is 1. The normalized spacial score (nSPS) is 32.9. The number of carbonyl (C=O) groups is 1. The fraction of sp³-hybridized carbons (Fsp3) is 0.923. The Kier molecular flexibility index (Phi) is 4.59. The second-order valence-electron chi connectivity index (χ2n) is 5.41. The van der Waals surface area contributed by atoms with Crippen molar-refractivity contribution in [3.05, 3.63) is 0 Å². The fourth-order valence-corrected chi connectivity index (χ4v) is 2.90. The number of hydrogen-bond acceptors (Lipinski definition) is 4. The summed E-state index contributed by atoms with van der Waals surface area (Å²) in [7, 11) is 0. The quantitative estimate of drug-likeness (QED) is 0.723. The maximum Gasteiger partial charge on any atom is 0.253 e. The first-order valence-electron chi connectivity index (χ1n) is 7.05. The largest absolute Gasteiger partial charge is 0.364 e. The molecule has 0 aromatic carbocycles. The van der Waals surface area contributed by atoms with Gasteiger partial charge in [-0.2, -0.15) is 0 Å². The van der Waals surface area contributed by atoms with E-state index in [1.807, 2.05) is 0 Å². The number of carbonyl (C=O) groups excluding carboxylic acids is 1. The van der Waals surface area contributed by atoms with E-state index < -0.39 is 5.60 Å². The molecule has 0 bridgehead atoms. The average Bonchev–Trinajstić information content (AvgIpc) is 3.05. The number of amides is 1. The summed E-state index contributed by atoms with van der Waals surface area (Å²) in [6.45, 7) is 7.20. The lowest BCUT2D eigenvalue weighted by atomic mass is 9.99. The molecule has 2 fully saturated rings. The van der Waals surface area contributed by atoms with Gasteiger partial charge in [0.2, 0.25) is 0 Å². The summed E-state index contributed by atoms with van der Waals surface area (Å²) in [5, 5.41) is 3.03. The Morgan fingerprint density at radius 1 is 1.61 bits per heavy atom. The van der Waals surface area contributed by atoms with E-state index >= 15 is 0 Å². The minimum absolute atomic E-state index is 0.0163. The van der Waals surface area contributed by atoms with Crippen LogP contribution in [0.4, 0.5) is 0 Å². The maximum absolute atomic E-state index is 12.2. The Labute approximate surface area is 109 Å². The van der Waals surface area contributed by atoms with Crippen molar-refractivity contribution in [1.29, 1.82) is 0 Å². The molecule has 104 valence electrons. The van der Waals surface area contributed by atoms with E-state index in [0.29, 0.717) is 12.5 Å². The van der Waals surface area contributed by atoms with E-state index in [9.17, 15) is 4.79 Å². The number of nitrogens with one attached hydrogen (secondary N) is 1. The first-order valence-corrected chi connectivity index (χ1v) is 7.05. The van der Waals surface area contributed by atoms with Crippen LogP contribution in [0, 0.1) is 5.92 Å². The highest BCUT2D eigenvalue weighted by Gasteiger charge is 2.41. The molecule has 0 aromatic heterocycles. The highest BCUT2D eigenvalue weighted by atomic mass is 16.5. The van der Waals surface area contributed by atoms with Gasteiger partial charge < -0.3 is 20.7 Å². The number of likely N-dealkylation sites (tertiary alicyclic amines) is 1. The average molecular weight is 255 g/mol. The van der Waals surface area contributed by atoms with Crippen LogP contribution in [0.2, 0.25) is 0 Å². The summed E-state index contributed by atoms with van der Waals surface area (Å²) in [4.78, 5) is 14.6. The zero-order valence-electron chi connectivity index (χ0n) is 11.3. The van der Waals surface area contributed by atoms with Crippen LogP contribution in [0.25, 0.3) is 0 Å². The van der Waals surface area contributed by atoms with Crippen molar-refractivity contribution in [2.45, 2.75) is 31.8 Å². The van der Waals surface area contributed by atoms with Gasteiger partial charge in [-0.15, -0.1) is 0 Å². The van der Waals surface area contributed by atoms with Crippen molar-refractivity contribution in [2.24, 2.45) is 11.7 Å². The smallest absolute Gasteiger partial charge is 0.253 e. The highest BCUT2D eigenvalue weighted by Crippen LogP contribution is 2.25. The molecule has 2 saturated heterocycles. The molecule has 0 radical (unpaired) electrons. The molecule has 2 rings (SSSR count). The summed E-state index contributed by atoms with van der Waals surface area (Å²) >= 11 is 0. The molecule has 0 aliphatic carbocycles. The number of rotatable bonds is 5. The molecule has 5 heteroatoms. The van der Waals surface area contributed by atoms with E-state index in [4.69, 9.17) is 10.5 Å². The zero-order valence-corrected chi connectivity index (χ0v) is 11.3. The summed E-state index contributed by atoms with van der Waals surface area (Å²) < 4.78 is 5.56.